The number of rotatable bonds is 5. The molecule has 0 saturated carbocycles. The number of aliphatic hydroxyl groups is 2. The summed E-state index contributed by atoms with van der Waals surface area (Å²) >= 11 is 0.412. The zero-order chi connectivity index (χ0) is 21.2. The molecule has 1 aliphatic rings. The summed E-state index contributed by atoms with van der Waals surface area (Å²) in [5.74, 6) is -4.08. The topological polar surface area (TPSA) is 87.1 Å². The molecule has 3 rings (SSSR count). The van der Waals surface area contributed by atoms with Gasteiger partial charge in [-0.1, -0.05) is 30.3 Å². The maximum atomic E-state index is 12.6. The van der Waals surface area contributed by atoms with Crippen molar-refractivity contribution in [2.75, 3.05) is 6.54 Å². The monoisotopic (exact) mass is 425 g/mol. The van der Waals surface area contributed by atoms with Crippen LogP contribution in [0.15, 0.2) is 59.5 Å². The van der Waals surface area contributed by atoms with E-state index in [4.69, 9.17) is 14.9 Å². The minimum Gasteiger partial charge on any atom is -0.457 e. The molecule has 2 aromatic rings. The van der Waals surface area contributed by atoms with Gasteiger partial charge in [0.25, 0.3) is 16.9 Å². The fourth-order valence-electron chi connectivity index (χ4n) is 2.35. The van der Waals surface area contributed by atoms with Crippen LogP contribution in [0.4, 0.5) is 18.0 Å². The van der Waals surface area contributed by atoms with E-state index in [1.807, 2.05) is 18.2 Å². The summed E-state index contributed by atoms with van der Waals surface area (Å²) in [4.78, 5) is 24.1. The zero-order valence-electron chi connectivity index (χ0n) is 14.6. The van der Waals surface area contributed by atoms with Crippen LogP contribution in [0.2, 0.25) is 0 Å². The first-order valence-corrected chi connectivity index (χ1v) is 8.98. The molecule has 2 amide bonds. The lowest BCUT2D eigenvalue weighted by molar-refractivity contribution is -0.348. The first kappa shape index (κ1) is 20.9. The standard InChI is InChI=1S/C19H14F3NO5S/c20-19(21,22)18(26,27)11-23-16(24)15(29-17(23)25)10-12-6-8-14(9-7-12)28-13-4-2-1-3-5-13/h1-10,26-27H,11H2/b15-10-. The average molecular weight is 425 g/mol. The molecule has 2 N–H and O–H groups in total. The van der Waals surface area contributed by atoms with Gasteiger partial charge < -0.3 is 14.9 Å². The summed E-state index contributed by atoms with van der Waals surface area (Å²) in [6.07, 6.45) is -4.10. The third kappa shape index (κ3) is 4.78. The second-order valence-corrected chi connectivity index (χ2v) is 7.06. The Labute approximate surface area is 167 Å². The summed E-state index contributed by atoms with van der Waals surface area (Å²) in [5, 5.41) is 17.2. The van der Waals surface area contributed by atoms with Gasteiger partial charge in [0, 0.05) is 0 Å². The molecule has 0 unspecified atom stereocenters. The summed E-state index contributed by atoms with van der Waals surface area (Å²) < 4.78 is 43.4. The molecule has 0 atom stereocenters. The van der Waals surface area contributed by atoms with Gasteiger partial charge in [-0.05, 0) is 47.7 Å². The molecular formula is C19H14F3NO5S. The van der Waals surface area contributed by atoms with Gasteiger partial charge in [-0.25, -0.2) is 0 Å². The lowest BCUT2D eigenvalue weighted by Crippen LogP contribution is -2.54. The van der Waals surface area contributed by atoms with Crippen LogP contribution in [0, 0.1) is 0 Å². The number of thioether (sulfide) groups is 1. The highest BCUT2D eigenvalue weighted by atomic mass is 32.2. The number of ether oxygens (including phenoxy) is 1. The molecular weight excluding hydrogens is 411 g/mol. The minimum atomic E-state index is -5.42. The quantitative estimate of drug-likeness (QED) is 0.560. The van der Waals surface area contributed by atoms with Crippen LogP contribution >= 0.6 is 11.8 Å². The predicted molar refractivity (Wildman–Crippen MR) is 98.9 cm³/mol. The number of nitrogens with zero attached hydrogens (tertiary/aromatic N) is 1. The van der Waals surface area contributed by atoms with Crippen molar-refractivity contribution >= 4 is 29.0 Å². The molecule has 152 valence electrons. The van der Waals surface area contributed by atoms with E-state index in [0.717, 1.165) is 0 Å². The first-order valence-electron chi connectivity index (χ1n) is 8.17. The van der Waals surface area contributed by atoms with Crippen molar-refractivity contribution in [3.63, 3.8) is 0 Å². The molecule has 0 spiro atoms. The fourth-order valence-corrected chi connectivity index (χ4v) is 3.19. The number of benzene rings is 2. The predicted octanol–water partition coefficient (Wildman–Crippen LogP) is 3.76. The van der Waals surface area contributed by atoms with Gasteiger partial charge in [0.1, 0.15) is 11.5 Å². The molecule has 0 aliphatic carbocycles. The van der Waals surface area contributed by atoms with Crippen molar-refractivity contribution in [2.45, 2.75) is 12.0 Å². The van der Waals surface area contributed by atoms with Crippen LogP contribution in [0.3, 0.4) is 0 Å². The first-order chi connectivity index (χ1) is 13.6. The van der Waals surface area contributed by atoms with Crippen LogP contribution in [0.25, 0.3) is 6.08 Å². The molecule has 0 aromatic heterocycles. The van der Waals surface area contributed by atoms with Crippen LogP contribution in [0.1, 0.15) is 5.56 Å². The van der Waals surface area contributed by atoms with Gasteiger partial charge >= 0.3 is 6.18 Å². The maximum absolute atomic E-state index is 12.6. The highest BCUT2D eigenvalue weighted by Gasteiger charge is 2.56. The number of imide groups is 1. The lowest BCUT2D eigenvalue weighted by Gasteiger charge is -2.27. The molecule has 1 heterocycles. The number of para-hydroxylation sites is 1. The molecule has 29 heavy (non-hydrogen) atoms. The number of carbonyl (C=O) groups is 2. The summed E-state index contributed by atoms with van der Waals surface area (Å²) in [6.45, 7) is -1.61. The number of β-amino-alcohol motifs (C(OH)–C–C–N with tert-alkyl or cyclic N) is 2. The van der Waals surface area contributed by atoms with E-state index in [-0.39, 0.29) is 9.81 Å². The molecule has 0 radical (unpaired) electrons. The highest BCUT2D eigenvalue weighted by molar-refractivity contribution is 8.18. The minimum absolute atomic E-state index is 0.135. The Balaban J connectivity index is 1.72. The third-order valence-electron chi connectivity index (χ3n) is 3.86. The Kier molecular flexibility index (Phi) is 5.69. The van der Waals surface area contributed by atoms with Crippen molar-refractivity contribution in [3.8, 4) is 11.5 Å². The molecule has 10 heteroatoms. The van der Waals surface area contributed by atoms with Gasteiger partial charge in [-0.3, -0.25) is 14.5 Å². The molecule has 2 aromatic carbocycles. The number of amides is 2. The molecule has 0 bridgehead atoms. The number of hydrogen-bond donors (Lipinski definition) is 2. The number of carbonyl (C=O) groups excluding carboxylic acids is 2. The Hall–Kier alpha value is -2.82. The van der Waals surface area contributed by atoms with Gasteiger partial charge in [0.2, 0.25) is 0 Å². The number of hydrogen-bond acceptors (Lipinski definition) is 6. The van der Waals surface area contributed by atoms with Crippen LogP contribution < -0.4 is 4.74 Å². The summed E-state index contributed by atoms with van der Waals surface area (Å²) in [5.41, 5.74) is 0.506. The Morgan fingerprint density at radius 2 is 1.55 bits per heavy atom. The normalized spacial score (nSPS) is 16.6. The molecule has 1 fully saturated rings. The molecule has 6 nitrogen and oxygen atoms in total. The second kappa shape index (κ2) is 7.90. The van der Waals surface area contributed by atoms with E-state index in [9.17, 15) is 22.8 Å². The average Bonchev–Trinajstić information content (AvgIpc) is 2.90. The highest BCUT2D eigenvalue weighted by Crippen LogP contribution is 2.36. The van der Waals surface area contributed by atoms with Crippen molar-refractivity contribution < 1.29 is 37.7 Å². The van der Waals surface area contributed by atoms with Crippen molar-refractivity contribution in [3.05, 3.63) is 65.1 Å². The zero-order valence-corrected chi connectivity index (χ0v) is 15.4. The molecule has 1 saturated heterocycles. The van der Waals surface area contributed by atoms with E-state index in [2.05, 4.69) is 0 Å². The SMILES string of the molecule is O=C1S/C(=C\c2ccc(Oc3ccccc3)cc2)C(=O)N1CC(O)(O)C(F)(F)F. The van der Waals surface area contributed by atoms with E-state index in [1.165, 1.54) is 6.08 Å². The lowest BCUT2D eigenvalue weighted by atomic mass is 10.2. The van der Waals surface area contributed by atoms with E-state index < -0.39 is 29.7 Å². The summed E-state index contributed by atoms with van der Waals surface area (Å²) in [7, 11) is 0. The van der Waals surface area contributed by atoms with Crippen LogP contribution in [0.5, 0.6) is 11.5 Å². The largest absolute Gasteiger partial charge is 0.457 e. The van der Waals surface area contributed by atoms with Gasteiger partial charge in [0.15, 0.2) is 0 Å². The summed E-state index contributed by atoms with van der Waals surface area (Å²) in [6, 6.07) is 15.5. The van der Waals surface area contributed by atoms with Crippen LogP contribution in [-0.2, 0) is 4.79 Å². The number of alkyl halides is 3. The van der Waals surface area contributed by atoms with Crippen molar-refractivity contribution in [1.82, 2.24) is 4.90 Å². The van der Waals surface area contributed by atoms with Gasteiger partial charge in [-0.2, -0.15) is 13.2 Å². The van der Waals surface area contributed by atoms with E-state index >= 15 is 0 Å². The number of halogens is 3. The van der Waals surface area contributed by atoms with Crippen molar-refractivity contribution in [1.29, 1.82) is 0 Å². The third-order valence-corrected chi connectivity index (χ3v) is 4.77. The molecule has 1 aliphatic heterocycles. The van der Waals surface area contributed by atoms with E-state index in [1.54, 1.807) is 36.4 Å². The smallest absolute Gasteiger partial charge is 0.444 e. The fraction of sp³-hybridized carbons (Fsp3) is 0.158. The van der Waals surface area contributed by atoms with Crippen LogP contribution in [-0.4, -0.2) is 44.8 Å². The van der Waals surface area contributed by atoms with Gasteiger partial charge in [-0.15, -0.1) is 0 Å². The Morgan fingerprint density at radius 3 is 2.14 bits per heavy atom. The van der Waals surface area contributed by atoms with E-state index in [0.29, 0.717) is 28.8 Å². The second-order valence-electron chi connectivity index (χ2n) is 6.07. The van der Waals surface area contributed by atoms with Gasteiger partial charge in [0.05, 0.1) is 11.4 Å². The Morgan fingerprint density at radius 1 is 0.966 bits per heavy atom. The van der Waals surface area contributed by atoms with Crippen molar-refractivity contribution in [2.24, 2.45) is 0 Å². The Bertz CT molecular complexity index is 943. The maximum Gasteiger partial charge on any atom is 0.444 e.